The third-order valence-corrected chi connectivity index (χ3v) is 3.24. The van der Waals surface area contributed by atoms with Gasteiger partial charge in [0, 0.05) is 23.5 Å². The normalized spacial score (nSPS) is 13.6. The van der Waals surface area contributed by atoms with E-state index in [1.165, 1.54) is 16.8 Å². The van der Waals surface area contributed by atoms with E-state index in [-0.39, 0.29) is 0 Å². The lowest BCUT2D eigenvalue weighted by molar-refractivity contribution is 0.954. The number of fused-ring (bicyclic) bond motifs is 1. The van der Waals surface area contributed by atoms with Crippen molar-refractivity contribution in [3.8, 4) is 0 Å². The molecule has 0 N–H and O–H groups in total. The first-order chi connectivity index (χ1) is 8.33. The molecule has 0 unspecified atom stereocenters. The molecule has 0 bridgehead atoms. The van der Waals surface area contributed by atoms with Crippen molar-refractivity contribution in [3.63, 3.8) is 0 Å². The molecule has 0 fully saturated rings. The highest BCUT2D eigenvalue weighted by Gasteiger charge is 2.10. The van der Waals surface area contributed by atoms with Crippen molar-refractivity contribution < 1.29 is 0 Å². The van der Waals surface area contributed by atoms with Crippen LogP contribution in [-0.2, 0) is 6.54 Å². The third-order valence-electron chi connectivity index (χ3n) is 2.99. The second-order valence-electron chi connectivity index (χ2n) is 4.12. The Labute approximate surface area is 106 Å². The first-order valence-electron chi connectivity index (χ1n) is 5.61. The van der Waals surface area contributed by atoms with Gasteiger partial charge in [0.1, 0.15) is 0 Å². The van der Waals surface area contributed by atoms with E-state index in [9.17, 15) is 0 Å². The van der Waals surface area contributed by atoms with Crippen LogP contribution in [0.1, 0.15) is 11.1 Å². The molecular weight excluding hydrogens is 230 g/mol. The zero-order valence-corrected chi connectivity index (χ0v) is 10.1. The molecule has 0 saturated heterocycles. The molecule has 0 aromatic heterocycles. The maximum absolute atomic E-state index is 5.90. The predicted octanol–water partition coefficient (Wildman–Crippen LogP) is 4.33. The Morgan fingerprint density at radius 3 is 2.53 bits per heavy atom. The van der Waals surface area contributed by atoms with Crippen LogP contribution >= 0.6 is 11.6 Å². The third kappa shape index (κ3) is 2.06. The quantitative estimate of drug-likeness (QED) is 0.718. The Bertz CT molecular complexity index is 557. The molecule has 0 saturated carbocycles. The number of halogens is 1. The number of anilines is 1. The van der Waals surface area contributed by atoms with Crippen LogP contribution in [0.5, 0.6) is 0 Å². The van der Waals surface area contributed by atoms with Gasteiger partial charge >= 0.3 is 0 Å². The summed E-state index contributed by atoms with van der Waals surface area (Å²) in [6, 6.07) is 16.4. The van der Waals surface area contributed by atoms with Gasteiger partial charge in [-0.15, -0.1) is 0 Å². The van der Waals surface area contributed by atoms with E-state index in [0.717, 1.165) is 11.6 Å². The summed E-state index contributed by atoms with van der Waals surface area (Å²) in [5, 5.41) is 0.773. The van der Waals surface area contributed by atoms with Gasteiger partial charge in [-0.1, -0.05) is 35.9 Å². The highest BCUT2D eigenvalue weighted by Crippen LogP contribution is 2.25. The largest absolute Gasteiger partial charge is 0.344 e. The Hall–Kier alpha value is -1.73. The van der Waals surface area contributed by atoms with Crippen molar-refractivity contribution in [3.05, 3.63) is 70.9 Å². The first-order valence-corrected chi connectivity index (χ1v) is 5.99. The molecule has 2 aromatic rings. The average Bonchev–Trinajstić information content (AvgIpc) is 2.39. The van der Waals surface area contributed by atoms with Crippen LogP contribution in [0.25, 0.3) is 6.08 Å². The monoisotopic (exact) mass is 241 g/mol. The number of hydrogen-bond donors (Lipinski definition) is 0. The van der Waals surface area contributed by atoms with Crippen molar-refractivity contribution in [2.24, 2.45) is 0 Å². The lowest BCUT2D eigenvalue weighted by Crippen LogP contribution is -2.18. The second-order valence-corrected chi connectivity index (χ2v) is 4.56. The van der Waals surface area contributed by atoms with Gasteiger partial charge in [-0.05, 0) is 41.5 Å². The van der Waals surface area contributed by atoms with E-state index in [1.54, 1.807) is 0 Å². The van der Waals surface area contributed by atoms with E-state index in [4.69, 9.17) is 11.6 Å². The summed E-state index contributed by atoms with van der Waals surface area (Å²) in [5.41, 5.74) is 3.82. The van der Waals surface area contributed by atoms with Crippen LogP contribution in [0, 0.1) is 0 Å². The Morgan fingerprint density at radius 2 is 1.71 bits per heavy atom. The highest BCUT2D eigenvalue weighted by molar-refractivity contribution is 6.30. The fourth-order valence-electron chi connectivity index (χ4n) is 2.06. The fourth-order valence-corrected chi connectivity index (χ4v) is 2.18. The van der Waals surface area contributed by atoms with E-state index in [0.29, 0.717) is 0 Å². The lowest BCUT2D eigenvalue weighted by Gasteiger charge is -2.25. The van der Waals surface area contributed by atoms with Crippen molar-refractivity contribution in [2.45, 2.75) is 6.54 Å². The molecule has 0 spiro atoms. The molecule has 2 aromatic carbocycles. The van der Waals surface area contributed by atoms with Crippen LogP contribution in [-0.4, -0.2) is 0 Å². The molecule has 2 heteroatoms. The Balaban J connectivity index is 1.92. The molecule has 84 valence electrons. The first kappa shape index (κ1) is 10.4. The molecule has 0 radical (unpaired) electrons. The summed E-state index contributed by atoms with van der Waals surface area (Å²) in [6.07, 6.45) is 4.26. The number of rotatable bonds is 1. The molecule has 0 amide bonds. The summed E-state index contributed by atoms with van der Waals surface area (Å²) in [5.74, 6) is 0. The summed E-state index contributed by atoms with van der Waals surface area (Å²) in [4.78, 5) is 2.22. The molecular formula is C15H12ClN. The van der Waals surface area contributed by atoms with E-state index < -0.39 is 0 Å². The number of hydrogen-bond acceptors (Lipinski definition) is 1. The molecule has 1 aliphatic heterocycles. The van der Waals surface area contributed by atoms with Gasteiger partial charge in [0.05, 0.1) is 0 Å². The van der Waals surface area contributed by atoms with Gasteiger partial charge in [-0.25, -0.2) is 0 Å². The van der Waals surface area contributed by atoms with E-state index >= 15 is 0 Å². The molecule has 1 heterocycles. The van der Waals surface area contributed by atoms with Crippen LogP contribution in [0.4, 0.5) is 5.69 Å². The van der Waals surface area contributed by atoms with Crippen molar-refractivity contribution in [2.75, 3.05) is 4.90 Å². The van der Waals surface area contributed by atoms with Gasteiger partial charge in [-0.3, -0.25) is 0 Å². The maximum atomic E-state index is 5.90. The van der Waals surface area contributed by atoms with Gasteiger partial charge in [0.15, 0.2) is 0 Å². The van der Waals surface area contributed by atoms with E-state index in [1.807, 2.05) is 24.3 Å². The molecule has 3 rings (SSSR count). The second kappa shape index (κ2) is 4.27. The standard InChI is InChI=1S/C15H12ClN/c16-14-5-7-15(8-6-14)17-10-9-12-3-1-2-4-13(12)11-17/h1-10H,11H2. The minimum atomic E-state index is 0.773. The fraction of sp³-hybridized carbons (Fsp3) is 0.0667. The van der Waals surface area contributed by atoms with Crippen LogP contribution in [0.2, 0.25) is 5.02 Å². The highest BCUT2D eigenvalue weighted by atomic mass is 35.5. The summed E-state index contributed by atoms with van der Waals surface area (Å²) >= 11 is 5.90. The van der Waals surface area contributed by atoms with Crippen LogP contribution in [0.3, 0.4) is 0 Å². The number of nitrogens with zero attached hydrogens (tertiary/aromatic N) is 1. The summed E-state index contributed by atoms with van der Waals surface area (Å²) in [7, 11) is 0. The van der Waals surface area contributed by atoms with Crippen molar-refractivity contribution in [1.82, 2.24) is 0 Å². The average molecular weight is 242 g/mol. The minimum absolute atomic E-state index is 0.773. The minimum Gasteiger partial charge on any atom is -0.344 e. The Morgan fingerprint density at radius 1 is 0.941 bits per heavy atom. The van der Waals surface area contributed by atoms with Crippen LogP contribution in [0.15, 0.2) is 54.7 Å². The topological polar surface area (TPSA) is 3.24 Å². The Kier molecular flexibility index (Phi) is 2.62. The van der Waals surface area contributed by atoms with Crippen LogP contribution < -0.4 is 4.90 Å². The molecule has 1 nitrogen and oxygen atoms in total. The zero-order valence-electron chi connectivity index (χ0n) is 9.31. The predicted molar refractivity (Wildman–Crippen MR) is 73.1 cm³/mol. The SMILES string of the molecule is Clc1ccc(N2C=Cc3ccccc3C2)cc1. The molecule has 17 heavy (non-hydrogen) atoms. The van der Waals surface area contributed by atoms with Gasteiger partial charge in [0.2, 0.25) is 0 Å². The molecule has 1 aliphatic rings. The lowest BCUT2D eigenvalue weighted by atomic mass is 10.0. The molecule has 0 atom stereocenters. The van der Waals surface area contributed by atoms with Gasteiger partial charge in [-0.2, -0.15) is 0 Å². The van der Waals surface area contributed by atoms with Gasteiger partial charge < -0.3 is 4.90 Å². The smallest absolute Gasteiger partial charge is 0.0481 e. The van der Waals surface area contributed by atoms with E-state index in [2.05, 4.69) is 41.4 Å². The maximum Gasteiger partial charge on any atom is 0.0481 e. The van der Waals surface area contributed by atoms with Crippen molar-refractivity contribution in [1.29, 1.82) is 0 Å². The summed E-state index contributed by atoms with van der Waals surface area (Å²) < 4.78 is 0. The van der Waals surface area contributed by atoms with Crippen molar-refractivity contribution >= 4 is 23.4 Å². The summed E-state index contributed by atoms with van der Waals surface area (Å²) in [6.45, 7) is 0.911. The molecule has 0 aliphatic carbocycles. The zero-order chi connectivity index (χ0) is 11.7. The number of benzene rings is 2. The van der Waals surface area contributed by atoms with Gasteiger partial charge in [0.25, 0.3) is 0 Å².